The Morgan fingerprint density at radius 2 is 1.95 bits per heavy atom. The van der Waals surface area contributed by atoms with E-state index in [9.17, 15) is 13.2 Å². The van der Waals surface area contributed by atoms with Crippen molar-refractivity contribution >= 4 is 21.6 Å². The molecule has 2 aliphatic rings. The number of nitrogen functional groups attached to an aromatic ring is 1. The Morgan fingerprint density at radius 1 is 1.24 bits per heavy atom. The van der Waals surface area contributed by atoms with E-state index in [4.69, 9.17) is 5.73 Å². The van der Waals surface area contributed by atoms with Gasteiger partial charge in [-0.15, -0.1) is 0 Å². The molecule has 1 aromatic carbocycles. The maximum Gasteiger partial charge on any atom is 0.245 e. The minimum absolute atomic E-state index is 0.0797. The lowest BCUT2D eigenvalue weighted by Crippen LogP contribution is -2.46. The summed E-state index contributed by atoms with van der Waals surface area (Å²) in [7, 11) is -3.73. The monoisotopic (exact) mass is 309 g/mol. The fourth-order valence-electron chi connectivity index (χ4n) is 2.66. The van der Waals surface area contributed by atoms with E-state index in [0.717, 1.165) is 12.8 Å². The molecular weight excluding hydrogens is 290 g/mol. The summed E-state index contributed by atoms with van der Waals surface area (Å²) in [4.78, 5) is 12.3. The van der Waals surface area contributed by atoms with Crippen LogP contribution < -0.4 is 11.1 Å². The van der Waals surface area contributed by atoms with Gasteiger partial charge in [0.1, 0.15) is 10.9 Å². The number of para-hydroxylation sites is 1. The number of rotatable bonds is 4. The Labute approximate surface area is 124 Å². The van der Waals surface area contributed by atoms with Crippen LogP contribution >= 0.6 is 0 Å². The molecule has 1 aliphatic heterocycles. The van der Waals surface area contributed by atoms with Crippen LogP contribution in [0.4, 0.5) is 5.69 Å². The van der Waals surface area contributed by atoms with Crippen molar-refractivity contribution in [2.45, 2.75) is 42.7 Å². The second-order valence-corrected chi connectivity index (χ2v) is 7.45. The van der Waals surface area contributed by atoms with Crippen LogP contribution in [0.25, 0.3) is 0 Å². The Bertz CT molecular complexity index is 655. The molecule has 3 N–H and O–H groups in total. The molecule has 2 fully saturated rings. The molecule has 0 aromatic heterocycles. The molecule has 1 saturated heterocycles. The van der Waals surface area contributed by atoms with Gasteiger partial charge < -0.3 is 11.1 Å². The molecule has 1 aromatic rings. The van der Waals surface area contributed by atoms with Gasteiger partial charge in [-0.3, -0.25) is 4.79 Å². The number of hydrogen-bond acceptors (Lipinski definition) is 4. The first kappa shape index (κ1) is 14.3. The maximum absolute atomic E-state index is 12.7. The molecule has 1 unspecified atom stereocenters. The highest BCUT2D eigenvalue weighted by atomic mass is 32.2. The molecule has 0 spiro atoms. The first-order valence-electron chi connectivity index (χ1n) is 7.17. The minimum Gasteiger partial charge on any atom is -0.398 e. The van der Waals surface area contributed by atoms with Crippen LogP contribution in [0.1, 0.15) is 25.7 Å². The van der Waals surface area contributed by atoms with Crippen molar-refractivity contribution in [3.05, 3.63) is 24.3 Å². The van der Waals surface area contributed by atoms with E-state index in [-0.39, 0.29) is 22.5 Å². The van der Waals surface area contributed by atoms with Gasteiger partial charge in [0.2, 0.25) is 15.9 Å². The number of carbonyl (C=O) groups is 1. The fourth-order valence-corrected chi connectivity index (χ4v) is 4.43. The van der Waals surface area contributed by atoms with E-state index in [1.54, 1.807) is 18.2 Å². The molecule has 3 rings (SSSR count). The van der Waals surface area contributed by atoms with E-state index in [0.29, 0.717) is 19.4 Å². The third-order valence-electron chi connectivity index (χ3n) is 3.94. The SMILES string of the molecule is Nc1ccccc1S(=O)(=O)N1CCCC1C(=O)NC1CC1. The van der Waals surface area contributed by atoms with Gasteiger partial charge in [-0.1, -0.05) is 12.1 Å². The van der Waals surface area contributed by atoms with Crippen molar-refractivity contribution in [2.24, 2.45) is 0 Å². The van der Waals surface area contributed by atoms with Crippen LogP contribution in [0, 0.1) is 0 Å². The van der Waals surface area contributed by atoms with E-state index in [1.807, 2.05) is 0 Å². The lowest BCUT2D eigenvalue weighted by atomic mass is 10.2. The van der Waals surface area contributed by atoms with E-state index >= 15 is 0 Å². The normalized spacial score (nSPS) is 23.1. The maximum atomic E-state index is 12.7. The van der Waals surface area contributed by atoms with Gasteiger partial charge in [-0.05, 0) is 37.8 Å². The van der Waals surface area contributed by atoms with Crippen molar-refractivity contribution in [3.63, 3.8) is 0 Å². The van der Waals surface area contributed by atoms with Crippen LogP contribution in [-0.2, 0) is 14.8 Å². The highest BCUT2D eigenvalue weighted by molar-refractivity contribution is 7.89. The summed E-state index contributed by atoms with van der Waals surface area (Å²) in [6, 6.07) is 5.98. The number of anilines is 1. The Balaban J connectivity index is 1.86. The first-order valence-corrected chi connectivity index (χ1v) is 8.61. The minimum atomic E-state index is -3.73. The first-order chi connectivity index (χ1) is 10.00. The summed E-state index contributed by atoms with van der Waals surface area (Å²) >= 11 is 0. The number of amides is 1. The summed E-state index contributed by atoms with van der Waals surface area (Å²) in [6.45, 7) is 0.361. The van der Waals surface area contributed by atoms with Gasteiger partial charge in [0, 0.05) is 12.6 Å². The van der Waals surface area contributed by atoms with Crippen molar-refractivity contribution in [3.8, 4) is 0 Å². The molecule has 0 bridgehead atoms. The van der Waals surface area contributed by atoms with Crippen LogP contribution in [0.5, 0.6) is 0 Å². The largest absolute Gasteiger partial charge is 0.398 e. The third kappa shape index (κ3) is 2.75. The van der Waals surface area contributed by atoms with E-state index in [2.05, 4.69) is 5.32 Å². The van der Waals surface area contributed by atoms with E-state index in [1.165, 1.54) is 10.4 Å². The summed E-state index contributed by atoms with van der Waals surface area (Å²) in [6.07, 6.45) is 3.22. The Kier molecular flexibility index (Phi) is 3.62. The number of nitrogens with one attached hydrogen (secondary N) is 1. The molecule has 1 amide bonds. The average Bonchev–Trinajstić information content (AvgIpc) is 3.10. The molecule has 1 saturated carbocycles. The highest BCUT2D eigenvalue weighted by Gasteiger charge is 2.41. The zero-order valence-electron chi connectivity index (χ0n) is 11.7. The number of hydrogen-bond donors (Lipinski definition) is 2. The third-order valence-corrected chi connectivity index (χ3v) is 5.92. The van der Waals surface area contributed by atoms with Gasteiger partial charge in [0.15, 0.2) is 0 Å². The Morgan fingerprint density at radius 3 is 2.62 bits per heavy atom. The summed E-state index contributed by atoms with van der Waals surface area (Å²) in [5.74, 6) is -0.187. The molecule has 1 atom stereocenters. The van der Waals surface area contributed by atoms with E-state index < -0.39 is 16.1 Å². The molecule has 114 valence electrons. The van der Waals surface area contributed by atoms with Crippen LogP contribution in [0.15, 0.2) is 29.2 Å². The van der Waals surface area contributed by atoms with Gasteiger partial charge in [0.05, 0.1) is 5.69 Å². The predicted octanol–water partition coefficient (Wildman–Crippen LogP) is 0.700. The fraction of sp³-hybridized carbons (Fsp3) is 0.500. The summed E-state index contributed by atoms with van der Waals surface area (Å²) in [5.41, 5.74) is 5.99. The number of carbonyl (C=O) groups excluding carboxylic acids is 1. The highest BCUT2D eigenvalue weighted by Crippen LogP contribution is 2.29. The number of nitrogens with two attached hydrogens (primary N) is 1. The summed E-state index contributed by atoms with van der Waals surface area (Å²) < 4.78 is 26.8. The van der Waals surface area contributed by atoms with Crippen molar-refractivity contribution in [1.29, 1.82) is 0 Å². The number of nitrogens with zero attached hydrogens (tertiary/aromatic N) is 1. The Hall–Kier alpha value is -1.60. The van der Waals surface area contributed by atoms with Gasteiger partial charge in [-0.25, -0.2) is 8.42 Å². The topological polar surface area (TPSA) is 92.5 Å². The molecule has 1 aliphatic carbocycles. The standard InChI is InChI=1S/C14H19N3O3S/c15-11-4-1-2-6-13(11)21(19,20)17-9-3-5-12(17)14(18)16-10-7-8-10/h1-2,4,6,10,12H,3,5,7-9,15H2,(H,16,18). The van der Waals surface area contributed by atoms with Crippen molar-refractivity contribution in [2.75, 3.05) is 12.3 Å². The lowest BCUT2D eigenvalue weighted by molar-refractivity contribution is -0.124. The quantitative estimate of drug-likeness (QED) is 0.801. The molecule has 0 radical (unpaired) electrons. The molecule has 6 nitrogen and oxygen atoms in total. The molecule has 1 heterocycles. The summed E-state index contributed by atoms with van der Waals surface area (Å²) in [5, 5.41) is 2.89. The zero-order chi connectivity index (χ0) is 15.0. The molecular formula is C14H19N3O3S. The predicted molar refractivity (Wildman–Crippen MR) is 78.9 cm³/mol. The lowest BCUT2D eigenvalue weighted by Gasteiger charge is -2.24. The van der Waals surface area contributed by atoms with Gasteiger partial charge >= 0.3 is 0 Å². The van der Waals surface area contributed by atoms with Gasteiger partial charge in [-0.2, -0.15) is 4.31 Å². The van der Waals surface area contributed by atoms with Crippen molar-refractivity contribution < 1.29 is 13.2 Å². The van der Waals surface area contributed by atoms with Crippen LogP contribution in [-0.4, -0.2) is 37.3 Å². The van der Waals surface area contributed by atoms with Crippen LogP contribution in [0.3, 0.4) is 0 Å². The van der Waals surface area contributed by atoms with Crippen LogP contribution in [0.2, 0.25) is 0 Å². The second-order valence-electron chi connectivity index (χ2n) is 5.59. The molecule has 21 heavy (non-hydrogen) atoms. The number of sulfonamides is 1. The zero-order valence-corrected chi connectivity index (χ0v) is 12.5. The molecule has 7 heteroatoms. The second kappa shape index (κ2) is 5.31. The smallest absolute Gasteiger partial charge is 0.245 e. The van der Waals surface area contributed by atoms with Crippen molar-refractivity contribution in [1.82, 2.24) is 9.62 Å². The average molecular weight is 309 g/mol. The number of benzene rings is 1. The van der Waals surface area contributed by atoms with Gasteiger partial charge in [0.25, 0.3) is 0 Å².